The van der Waals surface area contributed by atoms with Crippen molar-refractivity contribution in [1.82, 2.24) is 4.98 Å². The van der Waals surface area contributed by atoms with Gasteiger partial charge in [-0.15, -0.1) is 0 Å². The Morgan fingerprint density at radius 2 is 1.77 bits per heavy atom. The summed E-state index contributed by atoms with van der Waals surface area (Å²) in [4.78, 5) is 3.52. The fourth-order valence-corrected chi connectivity index (χ4v) is 1.70. The van der Waals surface area contributed by atoms with Gasteiger partial charge in [0.2, 0.25) is 0 Å². The van der Waals surface area contributed by atoms with Crippen molar-refractivity contribution < 1.29 is 0 Å². The predicted octanol–water partition coefficient (Wildman–Crippen LogP) is 3.44. The zero-order valence-electron chi connectivity index (χ0n) is 9.49. The molecule has 13 heavy (non-hydrogen) atoms. The Hall–Kier alpha value is -0.720. The van der Waals surface area contributed by atoms with Crippen molar-refractivity contribution in [3.05, 3.63) is 23.0 Å². The maximum absolute atomic E-state index is 3.52. The van der Waals surface area contributed by atoms with E-state index in [9.17, 15) is 0 Å². The lowest BCUT2D eigenvalue weighted by molar-refractivity contribution is 0.564. The van der Waals surface area contributed by atoms with E-state index in [1.54, 1.807) is 0 Å². The van der Waals surface area contributed by atoms with Crippen LogP contribution in [0.1, 0.15) is 51.6 Å². The van der Waals surface area contributed by atoms with Gasteiger partial charge in [-0.2, -0.15) is 0 Å². The molecule has 0 atom stereocenters. The second kappa shape index (κ2) is 3.57. The monoisotopic (exact) mass is 179 g/mol. The third-order valence-electron chi connectivity index (χ3n) is 2.47. The Labute approximate surface area is 81.6 Å². The van der Waals surface area contributed by atoms with Gasteiger partial charge < -0.3 is 4.98 Å². The van der Waals surface area contributed by atoms with E-state index in [0.29, 0.717) is 0 Å². The summed E-state index contributed by atoms with van der Waals surface area (Å²) in [6.07, 6.45) is 2.23. The standard InChI is InChI=1S/C12H21N/c1-6-9-8-10(7-2)13-11(9)12(3,4)5/h8,13H,6-7H2,1-5H3. The van der Waals surface area contributed by atoms with Crippen LogP contribution in [0.5, 0.6) is 0 Å². The second-order valence-electron chi connectivity index (χ2n) is 4.65. The van der Waals surface area contributed by atoms with Gasteiger partial charge in [-0.3, -0.25) is 0 Å². The topological polar surface area (TPSA) is 15.8 Å². The minimum absolute atomic E-state index is 0.249. The van der Waals surface area contributed by atoms with Crippen LogP contribution in [0, 0.1) is 0 Å². The normalized spacial score (nSPS) is 12.1. The van der Waals surface area contributed by atoms with E-state index in [2.05, 4.69) is 45.7 Å². The van der Waals surface area contributed by atoms with E-state index in [1.165, 1.54) is 17.0 Å². The molecule has 0 amide bonds. The van der Waals surface area contributed by atoms with Crippen molar-refractivity contribution in [2.75, 3.05) is 0 Å². The lowest BCUT2D eigenvalue weighted by Gasteiger charge is -2.18. The highest BCUT2D eigenvalue weighted by molar-refractivity contribution is 5.30. The third kappa shape index (κ3) is 2.15. The van der Waals surface area contributed by atoms with Gasteiger partial charge in [-0.1, -0.05) is 34.6 Å². The highest BCUT2D eigenvalue weighted by Gasteiger charge is 2.19. The number of aromatic nitrogens is 1. The number of nitrogens with one attached hydrogen (secondary N) is 1. The maximum atomic E-state index is 3.52. The zero-order chi connectivity index (χ0) is 10.1. The Balaban J connectivity index is 3.11. The smallest absolute Gasteiger partial charge is 0.0236 e. The van der Waals surface area contributed by atoms with Gasteiger partial charge in [-0.25, -0.2) is 0 Å². The molecule has 74 valence electrons. The quantitative estimate of drug-likeness (QED) is 0.716. The first-order valence-corrected chi connectivity index (χ1v) is 5.20. The molecule has 1 nitrogen and oxygen atoms in total. The Bertz CT molecular complexity index is 276. The van der Waals surface area contributed by atoms with Crippen molar-refractivity contribution in [3.63, 3.8) is 0 Å². The summed E-state index contributed by atoms with van der Waals surface area (Å²) < 4.78 is 0. The van der Waals surface area contributed by atoms with Crippen LogP contribution in [0.2, 0.25) is 0 Å². The number of aryl methyl sites for hydroxylation is 2. The predicted molar refractivity (Wildman–Crippen MR) is 58.2 cm³/mol. The van der Waals surface area contributed by atoms with Crippen LogP contribution < -0.4 is 0 Å². The number of rotatable bonds is 2. The average molecular weight is 179 g/mol. The van der Waals surface area contributed by atoms with Crippen LogP contribution >= 0.6 is 0 Å². The van der Waals surface area contributed by atoms with Gasteiger partial charge in [-0.05, 0) is 24.5 Å². The van der Waals surface area contributed by atoms with Gasteiger partial charge in [0.25, 0.3) is 0 Å². The highest BCUT2D eigenvalue weighted by atomic mass is 14.7. The molecule has 0 fully saturated rings. The molecule has 0 aliphatic carbocycles. The van der Waals surface area contributed by atoms with E-state index >= 15 is 0 Å². The number of aromatic amines is 1. The highest BCUT2D eigenvalue weighted by Crippen LogP contribution is 2.26. The summed E-state index contributed by atoms with van der Waals surface area (Å²) in [7, 11) is 0. The van der Waals surface area contributed by atoms with Crippen LogP contribution in [-0.2, 0) is 18.3 Å². The first-order chi connectivity index (χ1) is 5.99. The average Bonchev–Trinajstić information content (AvgIpc) is 2.46. The summed E-state index contributed by atoms with van der Waals surface area (Å²) >= 11 is 0. The van der Waals surface area contributed by atoms with Gasteiger partial charge in [0.05, 0.1) is 0 Å². The molecular formula is C12H21N. The summed E-state index contributed by atoms with van der Waals surface area (Å²) in [6, 6.07) is 2.31. The molecule has 0 bridgehead atoms. The molecular weight excluding hydrogens is 158 g/mol. The SMILES string of the molecule is CCc1cc(CC)c(C(C)(C)C)[nH]1. The lowest BCUT2D eigenvalue weighted by atomic mass is 9.89. The van der Waals surface area contributed by atoms with Crippen LogP contribution in [-0.4, -0.2) is 4.98 Å². The fourth-order valence-electron chi connectivity index (χ4n) is 1.70. The van der Waals surface area contributed by atoms with E-state index in [0.717, 1.165) is 12.8 Å². The van der Waals surface area contributed by atoms with Gasteiger partial charge in [0, 0.05) is 16.8 Å². The molecule has 1 rings (SSSR count). The molecule has 0 unspecified atom stereocenters. The minimum atomic E-state index is 0.249. The second-order valence-corrected chi connectivity index (χ2v) is 4.65. The maximum Gasteiger partial charge on any atom is 0.0236 e. The van der Waals surface area contributed by atoms with E-state index in [1.807, 2.05) is 0 Å². The molecule has 1 heterocycles. The number of H-pyrrole nitrogens is 1. The molecule has 1 aromatic rings. The van der Waals surface area contributed by atoms with Gasteiger partial charge in [0.15, 0.2) is 0 Å². The van der Waals surface area contributed by atoms with Crippen molar-refractivity contribution in [3.8, 4) is 0 Å². The molecule has 0 aliphatic rings. The number of hydrogen-bond acceptors (Lipinski definition) is 0. The van der Waals surface area contributed by atoms with Gasteiger partial charge >= 0.3 is 0 Å². The zero-order valence-corrected chi connectivity index (χ0v) is 9.49. The van der Waals surface area contributed by atoms with Crippen LogP contribution in [0.25, 0.3) is 0 Å². The number of hydrogen-bond donors (Lipinski definition) is 1. The summed E-state index contributed by atoms with van der Waals surface area (Å²) in [5.74, 6) is 0. The lowest BCUT2D eigenvalue weighted by Crippen LogP contribution is -2.14. The molecule has 1 N–H and O–H groups in total. The largest absolute Gasteiger partial charge is 0.362 e. The molecule has 1 heteroatoms. The molecule has 0 radical (unpaired) electrons. The van der Waals surface area contributed by atoms with E-state index < -0.39 is 0 Å². The first kappa shape index (κ1) is 10.4. The first-order valence-electron chi connectivity index (χ1n) is 5.20. The molecule has 0 saturated heterocycles. The molecule has 0 aromatic carbocycles. The molecule has 0 aliphatic heterocycles. The minimum Gasteiger partial charge on any atom is -0.362 e. The summed E-state index contributed by atoms with van der Waals surface area (Å²) in [5.41, 5.74) is 4.50. The molecule has 1 aromatic heterocycles. The van der Waals surface area contributed by atoms with Crippen LogP contribution in [0.15, 0.2) is 6.07 Å². The Morgan fingerprint density at radius 3 is 2.08 bits per heavy atom. The summed E-state index contributed by atoms with van der Waals surface area (Å²) in [5, 5.41) is 0. The van der Waals surface area contributed by atoms with Crippen molar-refractivity contribution in [2.45, 2.75) is 52.9 Å². The Kier molecular flexibility index (Phi) is 2.84. The van der Waals surface area contributed by atoms with E-state index in [4.69, 9.17) is 0 Å². The van der Waals surface area contributed by atoms with Gasteiger partial charge in [0.1, 0.15) is 0 Å². The fraction of sp³-hybridized carbons (Fsp3) is 0.667. The van der Waals surface area contributed by atoms with Crippen molar-refractivity contribution in [1.29, 1.82) is 0 Å². The van der Waals surface area contributed by atoms with Crippen LogP contribution in [0.3, 0.4) is 0 Å². The van der Waals surface area contributed by atoms with Crippen molar-refractivity contribution in [2.24, 2.45) is 0 Å². The third-order valence-corrected chi connectivity index (χ3v) is 2.47. The molecule has 0 saturated carbocycles. The van der Waals surface area contributed by atoms with Crippen molar-refractivity contribution >= 4 is 0 Å². The van der Waals surface area contributed by atoms with E-state index in [-0.39, 0.29) is 5.41 Å². The molecule has 0 spiro atoms. The summed E-state index contributed by atoms with van der Waals surface area (Å²) in [6.45, 7) is 11.2. The Morgan fingerprint density at radius 1 is 1.15 bits per heavy atom. The van der Waals surface area contributed by atoms with Crippen LogP contribution in [0.4, 0.5) is 0 Å².